The van der Waals surface area contributed by atoms with E-state index < -0.39 is 0 Å². The Labute approximate surface area is 152 Å². The van der Waals surface area contributed by atoms with E-state index >= 15 is 0 Å². The molecule has 2 aromatic carbocycles. The zero-order valence-corrected chi connectivity index (χ0v) is 14.5. The normalized spacial score (nSPS) is 10.8. The minimum atomic E-state index is -0.329. The van der Waals surface area contributed by atoms with E-state index in [0.29, 0.717) is 11.4 Å². The summed E-state index contributed by atoms with van der Waals surface area (Å²) in [6.45, 7) is 0. The van der Waals surface area contributed by atoms with Gasteiger partial charge in [0.1, 0.15) is 5.75 Å². The van der Waals surface area contributed by atoms with E-state index in [2.05, 4.69) is 15.8 Å². The topological polar surface area (TPSA) is 79.8 Å². The number of allylic oxidation sites excluding steroid dienone is 1. The Morgan fingerprint density at radius 3 is 2.46 bits per heavy atom. The molecule has 0 aliphatic rings. The Morgan fingerprint density at radius 2 is 1.69 bits per heavy atom. The monoisotopic (exact) mass is 351 g/mol. The lowest BCUT2D eigenvalue weighted by molar-refractivity contribution is -0.124. The first-order valence-corrected chi connectivity index (χ1v) is 8.15. The summed E-state index contributed by atoms with van der Waals surface area (Å²) in [6, 6.07) is 16.8. The highest BCUT2D eigenvalue weighted by Crippen LogP contribution is 2.23. The second-order valence-electron chi connectivity index (χ2n) is 5.33. The number of hydrazone groups is 1. The Balaban J connectivity index is 1.70. The van der Waals surface area contributed by atoms with Gasteiger partial charge in [0.15, 0.2) is 0 Å². The first-order valence-electron chi connectivity index (χ1n) is 8.15. The molecule has 0 radical (unpaired) electrons. The number of carbonyl (C=O) groups is 2. The van der Waals surface area contributed by atoms with Crippen LogP contribution in [0.1, 0.15) is 18.4 Å². The van der Waals surface area contributed by atoms with E-state index in [1.807, 2.05) is 42.5 Å². The molecule has 2 rings (SSSR count). The van der Waals surface area contributed by atoms with E-state index in [1.165, 1.54) is 13.3 Å². The fourth-order valence-corrected chi connectivity index (χ4v) is 2.11. The molecule has 6 nitrogen and oxygen atoms in total. The molecule has 134 valence electrons. The molecule has 0 saturated heterocycles. The first kappa shape index (κ1) is 18.9. The van der Waals surface area contributed by atoms with Crippen molar-refractivity contribution in [1.29, 1.82) is 0 Å². The summed E-state index contributed by atoms with van der Waals surface area (Å²) >= 11 is 0. The van der Waals surface area contributed by atoms with Crippen molar-refractivity contribution in [3.8, 4) is 5.75 Å². The lowest BCUT2D eigenvalue weighted by Crippen LogP contribution is -2.20. The number of nitrogens with one attached hydrogen (secondary N) is 2. The highest BCUT2D eigenvalue weighted by Gasteiger charge is 2.09. The van der Waals surface area contributed by atoms with Crippen molar-refractivity contribution >= 4 is 29.8 Å². The molecule has 0 aromatic heterocycles. The summed E-state index contributed by atoms with van der Waals surface area (Å²) in [7, 11) is 1.53. The molecule has 2 N–H and O–H groups in total. The quantitative estimate of drug-likeness (QED) is 0.566. The molecule has 0 aliphatic heterocycles. The highest BCUT2D eigenvalue weighted by atomic mass is 16.5. The number of methoxy groups -OCH3 is 1. The van der Waals surface area contributed by atoms with E-state index in [-0.39, 0.29) is 24.7 Å². The Bertz CT molecular complexity index is 786. The van der Waals surface area contributed by atoms with E-state index in [9.17, 15) is 9.59 Å². The van der Waals surface area contributed by atoms with Gasteiger partial charge < -0.3 is 10.1 Å². The van der Waals surface area contributed by atoms with Gasteiger partial charge in [0.05, 0.1) is 12.8 Å². The van der Waals surface area contributed by atoms with Gasteiger partial charge in [-0.2, -0.15) is 5.10 Å². The number of rotatable bonds is 8. The fraction of sp³-hybridized carbons (Fsp3) is 0.150. The fourth-order valence-electron chi connectivity index (χ4n) is 2.11. The predicted octanol–water partition coefficient (Wildman–Crippen LogP) is 3.23. The molecule has 0 saturated carbocycles. The summed E-state index contributed by atoms with van der Waals surface area (Å²) in [5.41, 5.74) is 4.00. The number of hydrogen-bond acceptors (Lipinski definition) is 4. The lowest BCUT2D eigenvalue weighted by Gasteiger charge is -2.09. The Kier molecular flexibility index (Phi) is 7.61. The molecule has 2 amide bonds. The molecule has 0 bridgehead atoms. The zero-order chi connectivity index (χ0) is 18.6. The standard InChI is InChI=1S/C20H21N3O3/c1-26-18-12-6-5-11-17(18)22-19(24)13-14-20(25)23-21-15-7-10-16-8-3-2-4-9-16/h2-12,15H,13-14H2,1H3,(H,22,24)(H,23,25). The van der Waals surface area contributed by atoms with Gasteiger partial charge in [0.2, 0.25) is 11.8 Å². The summed E-state index contributed by atoms with van der Waals surface area (Å²) in [5, 5.41) is 6.53. The van der Waals surface area contributed by atoms with Crippen molar-refractivity contribution in [3.63, 3.8) is 0 Å². The van der Waals surface area contributed by atoms with Crippen molar-refractivity contribution < 1.29 is 14.3 Å². The molecule has 0 fully saturated rings. The van der Waals surface area contributed by atoms with Gasteiger partial charge in [-0.05, 0) is 23.8 Å². The average molecular weight is 351 g/mol. The number of nitrogens with zero attached hydrogens (tertiary/aromatic N) is 1. The third-order valence-corrected chi connectivity index (χ3v) is 3.40. The number of para-hydroxylation sites is 2. The minimum absolute atomic E-state index is 0.0424. The van der Waals surface area contributed by atoms with Crippen molar-refractivity contribution in [2.75, 3.05) is 12.4 Å². The van der Waals surface area contributed by atoms with E-state index in [4.69, 9.17) is 4.74 Å². The third kappa shape index (κ3) is 6.60. The SMILES string of the molecule is COc1ccccc1NC(=O)CCC(=O)NN=CC=Cc1ccccc1. The zero-order valence-electron chi connectivity index (χ0n) is 14.5. The largest absolute Gasteiger partial charge is 0.495 e. The molecule has 26 heavy (non-hydrogen) atoms. The van der Waals surface area contributed by atoms with Crippen molar-refractivity contribution in [2.24, 2.45) is 5.10 Å². The van der Waals surface area contributed by atoms with Crippen LogP contribution in [-0.2, 0) is 9.59 Å². The maximum atomic E-state index is 11.9. The molecule has 0 heterocycles. The lowest BCUT2D eigenvalue weighted by atomic mass is 10.2. The third-order valence-electron chi connectivity index (χ3n) is 3.40. The van der Waals surface area contributed by atoms with Gasteiger partial charge in [-0.25, -0.2) is 5.43 Å². The van der Waals surface area contributed by atoms with Crippen LogP contribution in [0.4, 0.5) is 5.69 Å². The predicted molar refractivity (Wildman–Crippen MR) is 103 cm³/mol. The van der Waals surface area contributed by atoms with Crippen molar-refractivity contribution in [2.45, 2.75) is 12.8 Å². The molecule has 0 spiro atoms. The van der Waals surface area contributed by atoms with Gasteiger partial charge in [0, 0.05) is 19.1 Å². The molecule has 0 atom stereocenters. The number of anilines is 1. The molecule has 0 aliphatic carbocycles. The number of carbonyl (C=O) groups excluding carboxylic acids is 2. The number of hydrogen-bond donors (Lipinski definition) is 2. The Morgan fingerprint density at radius 1 is 1.00 bits per heavy atom. The maximum Gasteiger partial charge on any atom is 0.240 e. The van der Waals surface area contributed by atoms with Crippen molar-refractivity contribution in [3.05, 3.63) is 66.2 Å². The van der Waals surface area contributed by atoms with Crippen LogP contribution in [0.5, 0.6) is 5.75 Å². The Hall–Kier alpha value is -3.41. The van der Waals surface area contributed by atoms with Crippen LogP contribution in [0.2, 0.25) is 0 Å². The first-order chi connectivity index (χ1) is 12.7. The van der Waals surface area contributed by atoms with Crippen LogP contribution in [-0.4, -0.2) is 25.1 Å². The van der Waals surface area contributed by atoms with Crippen LogP contribution in [0, 0.1) is 0 Å². The van der Waals surface area contributed by atoms with Crippen molar-refractivity contribution in [1.82, 2.24) is 5.43 Å². The number of amides is 2. The van der Waals surface area contributed by atoms with Crippen LogP contribution < -0.4 is 15.5 Å². The van der Waals surface area contributed by atoms with Gasteiger partial charge in [-0.1, -0.05) is 48.5 Å². The van der Waals surface area contributed by atoms with Crippen LogP contribution in [0.25, 0.3) is 6.08 Å². The van der Waals surface area contributed by atoms with E-state index in [1.54, 1.807) is 24.3 Å². The van der Waals surface area contributed by atoms with Gasteiger partial charge >= 0.3 is 0 Å². The molecule has 2 aromatic rings. The van der Waals surface area contributed by atoms with Crippen LogP contribution in [0.3, 0.4) is 0 Å². The molecular weight excluding hydrogens is 330 g/mol. The second kappa shape index (κ2) is 10.5. The molecule has 0 unspecified atom stereocenters. The van der Waals surface area contributed by atoms with E-state index in [0.717, 1.165) is 5.56 Å². The van der Waals surface area contributed by atoms with Crippen LogP contribution >= 0.6 is 0 Å². The highest BCUT2D eigenvalue weighted by molar-refractivity contribution is 5.94. The van der Waals surface area contributed by atoms with Crippen LogP contribution in [0.15, 0.2) is 65.8 Å². The minimum Gasteiger partial charge on any atom is -0.495 e. The second-order valence-corrected chi connectivity index (χ2v) is 5.33. The summed E-state index contributed by atoms with van der Waals surface area (Å²) in [5.74, 6) is -0.0257. The summed E-state index contributed by atoms with van der Waals surface area (Å²) in [6.07, 6.45) is 5.18. The average Bonchev–Trinajstić information content (AvgIpc) is 2.67. The van der Waals surface area contributed by atoms with Gasteiger partial charge in [0.25, 0.3) is 0 Å². The van der Waals surface area contributed by atoms with Gasteiger partial charge in [-0.3, -0.25) is 9.59 Å². The number of ether oxygens (including phenoxy) is 1. The maximum absolute atomic E-state index is 11.9. The van der Waals surface area contributed by atoms with Gasteiger partial charge in [-0.15, -0.1) is 0 Å². The summed E-state index contributed by atoms with van der Waals surface area (Å²) < 4.78 is 5.16. The summed E-state index contributed by atoms with van der Waals surface area (Å²) in [4.78, 5) is 23.6. The number of benzene rings is 2. The molecule has 6 heteroatoms. The molecular formula is C20H21N3O3. The smallest absolute Gasteiger partial charge is 0.240 e.